The molecule has 0 aromatic rings. The first-order valence-electron chi connectivity index (χ1n) is 9.32. The number of fused-ring (bicyclic) bond motifs is 5. The standard InChI is InChI=1S/C19H32O2/c1-17-10-4-3-5-13(17)6-7-15-14(17)8-11-18(2)16(20)9-12-19(15,18)21/h13-16,20-21H,3-12H2,1-2H3/t13?,14-,15+,16+,17-,18+,19+/m0/s1. The number of aliphatic hydroxyl groups excluding tert-OH is 1. The largest absolute Gasteiger partial charge is 0.392 e. The predicted octanol–water partition coefficient (Wildman–Crippen LogP) is 3.90. The van der Waals surface area contributed by atoms with Gasteiger partial charge in [-0.15, -0.1) is 0 Å². The fraction of sp³-hybridized carbons (Fsp3) is 1.00. The fourth-order valence-electron chi connectivity index (χ4n) is 7.23. The van der Waals surface area contributed by atoms with Crippen LogP contribution in [0.15, 0.2) is 0 Å². The lowest BCUT2D eigenvalue weighted by Gasteiger charge is -2.63. The highest BCUT2D eigenvalue weighted by atomic mass is 16.3. The van der Waals surface area contributed by atoms with Gasteiger partial charge in [-0.25, -0.2) is 0 Å². The van der Waals surface area contributed by atoms with Crippen LogP contribution in [0.1, 0.15) is 78.1 Å². The Balaban J connectivity index is 1.70. The molecular weight excluding hydrogens is 260 g/mol. The van der Waals surface area contributed by atoms with Crippen LogP contribution < -0.4 is 0 Å². The van der Waals surface area contributed by atoms with Gasteiger partial charge in [0.25, 0.3) is 0 Å². The molecule has 4 aliphatic rings. The van der Waals surface area contributed by atoms with E-state index in [0.717, 1.165) is 25.2 Å². The molecular formula is C19H32O2. The Bertz CT molecular complexity index is 435. The third kappa shape index (κ3) is 1.67. The second kappa shape index (κ2) is 4.47. The highest BCUT2D eigenvalue weighted by Crippen LogP contribution is 2.67. The molecule has 4 rings (SSSR count). The summed E-state index contributed by atoms with van der Waals surface area (Å²) in [5.74, 6) is 2.03. The van der Waals surface area contributed by atoms with Gasteiger partial charge in [-0.3, -0.25) is 0 Å². The molecule has 0 saturated heterocycles. The van der Waals surface area contributed by atoms with Gasteiger partial charge >= 0.3 is 0 Å². The van der Waals surface area contributed by atoms with Gasteiger partial charge in [-0.1, -0.05) is 26.7 Å². The van der Waals surface area contributed by atoms with E-state index in [2.05, 4.69) is 13.8 Å². The summed E-state index contributed by atoms with van der Waals surface area (Å²) >= 11 is 0. The smallest absolute Gasteiger partial charge is 0.0757 e. The van der Waals surface area contributed by atoms with E-state index in [-0.39, 0.29) is 11.5 Å². The van der Waals surface area contributed by atoms with Crippen molar-refractivity contribution in [3.05, 3.63) is 0 Å². The molecule has 0 aliphatic heterocycles. The molecule has 4 fully saturated rings. The maximum absolute atomic E-state index is 11.6. The molecule has 4 saturated carbocycles. The maximum Gasteiger partial charge on any atom is 0.0757 e. The van der Waals surface area contributed by atoms with Gasteiger partial charge in [0.15, 0.2) is 0 Å². The fourth-order valence-corrected chi connectivity index (χ4v) is 7.23. The number of hydrogen-bond acceptors (Lipinski definition) is 2. The van der Waals surface area contributed by atoms with Crippen LogP contribution in [0.5, 0.6) is 0 Å². The van der Waals surface area contributed by atoms with Crippen molar-refractivity contribution in [2.24, 2.45) is 28.6 Å². The molecule has 4 aliphatic carbocycles. The quantitative estimate of drug-likeness (QED) is 0.711. The van der Waals surface area contributed by atoms with Crippen molar-refractivity contribution in [1.29, 1.82) is 0 Å². The Morgan fingerprint density at radius 3 is 2.43 bits per heavy atom. The SMILES string of the molecule is C[C@]12CCCCC1CC[C@@H]1[C@@H]2CC[C@]2(C)[C@H](O)CC[C@@]12O. The van der Waals surface area contributed by atoms with Crippen molar-refractivity contribution in [1.82, 2.24) is 0 Å². The summed E-state index contributed by atoms with van der Waals surface area (Å²) in [5.41, 5.74) is -0.376. The van der Waals surface area contributed by atoms with E-state index in [1.165, 1.54) is 44.9 Å². The lowest BCUT2D eigenvalue weighted by molar-refractivity contribution is -0.212. The van der Waals surface area contributed by atoms with Crippen LogP contribution >= 0.6 is 0 Å². The van der Waals surface area contributed by atoms with Crippen LogP contribution in [0, 0.1) is 28.6 Å². The maximum atomic E-state index is 11.6. The molecule has 2 N–H and O–H groups in total. The highest BCUT2D eigenvalue weighted by molar-refractivity contribution is 5.16. The predicted molar refractivity (Wildman–Crippen MR) is 83.8 cm³/mol. The average molecular weight is 292 g/mol. The monoisotopic (exact) mass is 292 g/mol. The van der Waals surface area contributed by atoms with E-state index in [1.54, 1.807) is 0 Å². The topological polar surface area (TPSA) is 40.5 Å². The van der Waals surface area contributed by atoms with Gasteiger partial charge < -0.3 is 10.2 Å². The molecule has 2 nitrogen and oxygen atoms in total. The Morgan fingerprint density at radius 1 is 0.810 bits per heavy atom. The molecule has 7 atom stereocenters. The van der Waals surface area contributed by atoms with Crippen molar-refractivity contribution in [2.75, 3.05) is 0 Å². The van der Waals surface area contributed by atoms with E-state index >= 15 is 0 Å². The highest BCUT2D eigenvalue weighted by Gasteiger charge is 2.66. The second-order valence-electron chi connectivity index (χ2n) is 9.17. The van der Waals surface area contributed by atoms with Gasteiger partial charge in [0.1, 0.15) is 0 Å². The lowest BCUT2D eigenvalue weighted by Crippen LogP contribution is -2.62. The molecule has 0 aromatic heterocycles. The second-order valence-corrected chi connectivity index (χ2v) is 9.17. The third-order valence-electron chi connectivity index (χ3n) is 8.72. The van der Waals surface area contributed by atoms with Gasteiger partial charge in [-0.2, -0.15) is 0 Å². The summed E-state index contributed by atoms with van der Waals surface area (Å²) < 4.78 is 0. The Morgan fingerprint density at radius 2 is 1.62 bits per heavy atom. The van der Waals surface area contributed by atoms with E-state index in [9.17, 15) is 10.2 Å². The third-order valence-corrected chi connectivity index (χ3v) is 8.72. The number of hydrogen-bond donors (Lipinski definition) is 2. The summed E-state index contributed by atoms with van der Waals surface area (Å²) in [7, 11) is 0. The van der Waals surface area contributed by atoms with Gasteiger partial charge in [0.05, 0.1) is 11.7 Å². The first-order chi connectivity index (χ1) is 9.92. The van der Waals surface area contributed by atoms with Gasteiger partial charge in [0.2, 0.25) is 0 Å². The molecule has 0 radical (unpaired) electrons. The van der Waals surface area contributed by atoms with Gasteiger partial charge in [0, 0.05) is 5.41 Å². The van der Waals surface area contributed by atoms with E-state index in [0.29, 0.717) is 17.3 Å². The molecule has 0 heterocycles. The average Bonchev–Trinajstić information content (AvgIpc) is 2.71. The van der Waals surface area contributed by atoms with Crippen LogP contribution in [0.25, 0.3) is 0 Å². The van der Waals surface area contributed by atoms with Crippen LogP contribution in [-0.2, 0) is 0 Å². The van der Waals surface area contributed by atoms with Crippen LogP contribution in [0.3, 0.4) is 0 Å². The van der Waals surface area contributed by atoms with E-state index in [4.69, 9.17) is 0 Å². The molecule has 1 unspecified atom stereocenters. The van der Waals surface area contributed by atoms with Crippen LogP contribution in [0.4, 0.5) is 0 Å². The number of rotatable bonds is 0. The molecule has 0 bridgehead atoms. The number of aliphatic hydroxyl groups is 2. The lowest BCUT2D eigenvalue weighted by atomic mass is 9.44. The minimum Gasteiger partial charge on any atom is -0.392 e. The normalized spacial score (nSPS) is 60.0. The van der Waals surface area contributed by atoms with E-state index < -0.39 is 5.60 Å². The molecule has 0 spiro atoms. The zero-order chi connectivity index (χ0) is 14.9. The molecule has 21 heavy (non-hydrogen) atoms. The molecule has 0 aromatic carbocycles. The van der Waals surface area contributed by atoms with Crippen molar-refractivity contribution >= 4 is 0 Å². The van der Waals surface area contributed by atoms with Crippen molar-refractivity contribution in [3.63, 3.8) is 0 Å². The van der Waals surface area contributed by atoms with E-state index in [1.807, 2.05) is 0 Å². The molecule has 0 amide bonds. The first kappa shape index (κ1) is 14.5. The Kier molecular flexibility index (Phi) is 3.09. The van der Waals surface area contributed by atoms with Crippen molar-refractivity contribution in [3.8, 4) is 0 Å². The van der Waals surface area contributed by atoms with Crippen LogP contribution in [-0.4, -0.2) is 21.9 Å². The Labute approximate surface area is 129 Å². The minimum absolute atomic E-state index is 0.244. The summed E-state index contributed by atoms with van der Waals surface area (Å²) in [6.45, 7) is 4.70. The summed E-state index contributed by atoms with van der Waals surface area (Å²) in [5, 5.41) is 22.1. The zero-order valence-electron chi connectivity index (χ0n) is 13.8. The minimum atomic E-state index is -0.596. The zero-order valence-corrected chi connectivity index (χ0v) is 13.8. The summed E-state index contributed by atoms with van der Waals surface area (Å²) in [6, 6.07) is 0. The van der Waals surface area contributed by atoms with Crippen molar-refractivity contribution in [2.45, 2.75) is 89.8 Å². The van der Waals surface area contributed by atoms with Crippen LogP contribution in [0.2, 0.25) is 0 Å². The summed E-state index contributed by atoms with van der Waals surface area (Å²) in [6.07, 6.45) is 11.7. The van der Waals surface area contributed by atoms with Crippen molar-refractivity contribution < 1.29 is 10.2 Å². The molecule has 120 valence electrons. The first-order valence-corrected chi connectivity index (χ1v) is 9.32. The summed E-state index contributed by atoms with van der Waals surface area (Å²) in [4.78, 5) is 0. The molecule has 2 heteroatoms. The van der Waals surface area contributed by atoms with Gasteiger partial charge in [-0.05, 0) is 74.5 Å². The Hall–Kier alpha value is -0.0800.